The molecule has 1 aromatic carbocycles. The van der Waals surface area contributed by atoms with Crippen LogP contribution in [0.4, 0.5) is 28.8 Å². The van der Waals surface area contributed by atoms with E-state index in [-0.39, 0.29) is 0 Å². The monoisotopic (exact) mass is 346 g/mol. The summed E-state index contributed by atoms with van der Waals surface area (Å²) >= 11 is 12.0. The highest BCUT2D eigenvalue weighted by molar-refractivity contribution is 6.35. The van der Waals surface area contributed by atoms with Gasteiger partial charge in [0.25, 0.3) is 0 Å². The highest BCUT2D eigenvalue weighted by Gasteiger charge is 2.09. The number of nitrogens with one attached hydrogen (secondary N) is 2. The molecule has 0 aliphatic rings. The number of hydrogen-bond donors (Lipinski definition) is 3. The van der Waals surface area contributed by atoms with Gasteiger partial charge in [-0.25, -0.2) is 15.0 Å². The minimum absolute atomic E-state index is 0.356. The summed E-state index contributed by atoms with van der Waals surface area (Å²) in [6.07, 6.45) is 3.07. The molecule has 0 saturated carbocycles. The molecule has 3 rings (SSSR count). The smallest absolute Gasteiger partial charge is 0.160 e. The lowest BCUT2D eigenvalue weighted by atomic mass is 10.3. The van der Waals surface area contributed by atoms with E-state index in [4.69, 9.17) is 28.9 Å². The summed E-state index contributed by atoms with van der Waals surface area (Å²) in [5.41, 5.74) is 7.14. The van der Waals surface area contributed by atoms with E-state index < -0.39 is 0 Å². The quantitative estimate of drug-likeness (QED) is 0.654. The van der Waals surface area contributed by atoms with E-state index in [9.17, 15) is 0 Å². The zero-order chi connectivity index (χ0) is 16.2. The number of pyridine rings is 1. The van der Waals surface area contributed by atoms with Crippen LogP contribution in [0.1, 0.15) is 0 Å². The molecule has 0 bridgehead atoms. The first-order chi connectivity index (χ1) is 11.1. The predicted molar refractivity (Wildman–Crippen MR) is 93.7 cm³/mol. The first-order valence-electron chi connectivity index (χ1n) is 6.63. The number of hydrogen-bond acceptors (Lipinski definition) is 6. The molecule has 0 aliphatic carbocycles. The summed E-state index contributed by atoms with van der Waals surface area (Å²) < 4.78 is 0. The predicted octanol–water partition coefficient (Wildman–Crippen LogP) is 4.25. The van der Waals surface area contributed by atoms with Crippen LogP contribution in [0.3, 0.4) is 0 Å². The van der Waals surface area contributed by atoms with Crippen molar-refractivity contribution in [3.8, 4) is 0 Å². The van der Waals surface area contributed by atoms with Crippen molar-refractivity contribution in [3.05, 3.63) is 59.0 Å². The summed E-state index contributed by atoms with van der Waals surface area (Å²) in [5, 5.41) is 7.14. The van der Waals surface area contributed by atoms with Gasteiger partial charge in [0.1, 0.15) is 17.8 Å². The minimum Gasteiger partial charge on any atom is -0.393 e. The Morgan fingerprint density at radius 1 is 0.870 bits per heavy atom. The number of anilines is 5. The van der Waals surface area contributed by atoms with Crippen molar-refractivity contribution in [1.29, 1.82) is 0 Å². The Kier molecular flexibility index (Phi) is 4.45. The molecular formula is C15H12Cl2N6. The van der Waals surface area contributed by atoms with Crippen LogP contribution in [-0.2, 0) is 0 Å². The molecule has 0 amide bonds. The van der Waals surface area contributed by atoms with Crippen LogP contribution < -0.4 is 16.4 Å². The van der Waals surface area contributed by atoms with Crippen molar-refractivity contribution in [2.24, 2.45) is 0 Å². The van der Waals surface area contributed by atoms with E-state index in [0.717, 1.165) is 0 Å². The van der Waals surface area contributed by atoms with Gasteiger partial charge in [0.2, 0.25) is 0 Å². The Bertz CT molecular complexity index is 805. The van der Waals surface area contributed by atoms with Crippen molar-refractivity contribution in [2.45, 2.75) is 0 Å². The normalized spacial score (nSPS) is 10.3. The molecule has 0 spiro atoms. The molecule has 0 atom stereocenters. The number of benzene rings is 1. The SMILES string of the molecule is Nc1c(Nc2cc(Cl)cc(Cl)c2)ncnc1Nc1ccccn1. The Labute approximate surface area is 142 Å². The van der Waals surface area contributed by atoms with E-state index in [1.807, 2.05) is 18.2 Å². The molecule has 6 nitrogen and oxygen atoms in total. The molecule has 0 radical (unpaired) electrons. The van der Waals surface area contributed by atoms with Gasteiger partial charge >= 0.3 is 0 Å². The van der Waals surface area contributed by atoms with Crippen LogP contribution in [0.2, 0.25) is 10.0 Å². The number of nitrogens with zero attached hydrogens (tertiary/aromatic N) is 3. The van der Waals surface area contributed by atoms with Gasteiger partial charge in [-0.15, -0.1) is 0 Å². The minimum atomic E-state index is 0.356. The zero-order valence-corrected chi connectivity index (χ0v) is 13.3. The molecular weight excluding hydrogens is 335 g/mol. The largest absolute Gasteiger partial charge is 0.393 e. The van der Waals surface area contributed by atoms with Crippen molar-refractivity contribution >= 4 is 52.0 Å². The summed E-state index contributed by atoms with van der Waals surface area (Å²) in [6, 6.07) is 10.6. The van der Waals surface area contributed by atoms with Crippen molar-refractivity contribution in [1.82, 2.24) is 15.0 Å². The van der Waals surface area contributed by atoms with Crippen molar-refractivity contribution in [2.75, 3.05) is 16.4 Å². The van der Waals surface area contributed by atoms with Gasteiger partial charge in [-0.1, -0.05) is 29.3 Å². The zero-order valence-electron chi connectivity index (χ0n) is 11.8. The maximum atomic E-state index is 6.11. The Morgan fingerprint density at radius 2 is 1.57 bits per heavy atom. The lowest BCUT2D eigenvalue weighted by molar-refractivity contribution is 1.16. The lowest BCUT2D eigenvalue weighted by Gasteiger charge is -2.12. The summed E-state index contributed by atoms with van der Waals surface area (Å²) in [5.74, 6) is 1.53. The molecule has 0 unspecified atom stereocenters. The average Bonchev–Trinajstić information content (AvgIpc) is 2.51. The summed E-state index contributed by atoms with van der Waals surface area (Å²) in [6.45, 7) is 0. The number of nitrogen functional groups attached to an aromatic ring is 1. The van der Waals surface area contributed by atoms with Gasteiger partial charge in [-0.3, -0.25) is 0 Å². The third-order valence-electron chi connectivity index (χ3n) is 2.92. The Hall–Kier alpha value is -2.57. The standard InChI is InChI=1S/C15H12Cl2N6/c16-9-5-10(17)7-11(6-9)22-14-13(18)15(21-8-20-14)23-12-3-1-2-4-19-12/h1-8H,18H2,(H2,19,20,21,22,23). The van der Waals surface area contributed by atoms with Crippen LogP contribution in [-0.4, -0.2) is 15.0 Å². The average molecular weight is 347 g/mol. The van der Waals surface area contributed by atoms with E-state index in [1.165, 1.54) is 6.33 Å². The van der Waals surface area contributed by atoms with Gasteiger partial charge in [0, 0.05) is 21.9 Å². The molecule has 2 heterocycles. The fourth-order valence-electron chi connectivity index (χ4n) is 1.92. The summed E-state index contributed by atoms with van der Waals surface area (Å²) in [4.78, 5) is 12.4. The van der Waals surface area contributed by atoms with Crippen LogP contribution in [0, 0.1) is 0 Å². The third kappa shape index (κ3) is 3.80. The van der Waals surface area contributed by atoms with Crippen LogP contribution in [0.5, 0.6) is 0 Å². The second-order valence-electron chi connectivity index (χ2n) is 4.61. The van der Waals surface area contributed by atoms with Crippen LogP contribution in [0.15, 0.2) is 48.9 Å². The maximum Gasteiger partial charge on any atom is 0.160 e. The Balaban J connectivity index is 1.87. The molecule has 0 fully saturated rings. The molecule has 116 valence electrons. The molecule has 4 N–H and O–H groups in total. The fourth-order valence-corrected chi connectivity index (χ4v) is 2.44. The lowest BCUT2D eigenvalue weighted by Crippen LogP contribution is -2.05. The maximum absolute atomic E-state index is 6.11. The number of aromatic nitrogens is 3. The van der Waals surface area contributed by atoms with E-state index in [0.29, 0.717) is 38.9 Å². The van der Waals surface area contributed by atoms with Crippen molar-refractivity contribution in [3.63, 3.8) is 0 Å². The highest BCUT2D eigenvalue weighted by atomic mass is 35.5. The highest BCUT2D eigenvalue weighted by Crippen LogP contribution is 2.29. The molecule has 0 aliphatic heterocycles. The second kappa shape index (κ2) is 6.68. The fraction of sp³-hybridized carbons (Fsp3) is 0. The van der Waals surface area contributed by atoms with Gasteiger partial charge < -0.3 is 16.4 Å². The number of halogens is 2. The first-order valence-corrected chi connectivity index (χ1v) is 7.39. The molecule has 0 saturated heterocycles. The third-order valence-corrected chi connectivity index (χ3v) is 3.36. The second-order valence-corrected chi connectivity index (χ2v) is 5.48. The number of nitrogens with two attached hydrogens (primary N) is 1. The summed E-state index contributed by atoms with van der Waals surface area (Å²) in [7, 11) is 0. The van der Waals surface area contributed by atoms with Crippen LogP contribution in [0.25, 0.3) is 0 Å². The molecule has 8 heteroatoms. The van der Waals surface area contributed by atoms with Gasteiger partial charge in [-0.2, -0.15) is 0 Å². The van der Waals surface area contributed by atoms with Crippen LogP contribution >= 0.6 is 23.2 Å². The van der Waals surface area contributed by atoms with E-state index >= 15 is 0 Å². The molecule has 3 aromatic rings. The molecule has 2 aromatic heterocycles. The van der Waals surface area contributed by atoms with E-state index in [2.05, 4.69) is 25.6 Å². The first kappa shape index (κ1) is 15.3. The topological polar surface area (TPSA) is 88.8 Å². The van der Waals surface area contributed by atoms with Crippen molar-refractivity contribution < 1.29 is 0 Å². The van der Waals surface area contributed by atoms with Gasteiger partial charge in [-0.05, 0) is 30.3 Å². The van der Waals surface area contributed by atoms with Gasteiger partial charge in [0.15, 0.2) is 11.6 Å². The van der Waals surface area contributed by atoms with Gasteiger partial charge in [0.05, 0.1) is 0 Å². The van der Waals surface area contributed by atoms with E-state index in [1.54, 1.807) is 24.4 Å². The Morgan fingerprint density at radius 3 is 2.22 bits per heavy atom. The number of rotatable bonds is 4. The molecule has 23 heavy (non-hydrogen) atoms.